The molecule has 0 aliphatic heterocycles. The summed E-state index contributed by atoms with van der Waals surface area (Å²) in [4.78, 5) is 0. The highest BCUT2D eigenvalue weighted by Crippen LogP contribution is 2.33. The first kappa shape index (κ1) is 15.7. The first-order valence-electron chi connectivity index (χ1n) is 7.81. The third-order valence-electron chi connectivity index (χ3n) is 4.12. The standard InChI is InChI=1S/C17H27NOS/c1-4-18-17-15-8-6-5-7-14(15)9-10-16(17)20(19)12-11-13(2)3/h5-8,13,16-18H,4,9-12H2,1-3H3. The molecule has 1 N–H and O–H groups in total. The van der Waals surface area contributed by atoms with Gasteiger partial charge in [-0.2, -0.15) is 0 Å². The highest BCUT2D eigenvalue weighted by molar-refractivity contribution is 7.85. The van der Waals surface area contributed by atoms with Crippen molar-refractivity contribution in [2.24, 2.45) is 5.92 Å². The molecule has 112 valence electrons. The Morgan fingerprint density at radius 3 is 2.80 bits per heavy atom. The Bertz CT molecular complexity index is 458. The van der Waals surface area contributed by atoms with Crippen LogP contribution in [0.2, 0.25) is 0 Å². The molecule has 0 radical (unpaired) electrons. The van der Waals surface area contributed by atoms with Gasteiger partial charge < -0.3 is 5.32 Å². The molecule has 0 amide bonds. The predicted molar refractivity (Wildman–Crippen MR) is 87.4 cm³/mol. The van der Waals surface area contributed by atoms with Crippen molar-refractivity contribution >= 4 is 10.8 Å². The zero-order valence-corrected chi connectivity index (χ0v) is 13.7. The largest absolute Gasteiger partial charge is 0.309 e. The second-order valence-corrected chi connectivity index (χ2v) is 7.85. The molecule has 3 atom stereocenters. The second kappa shape index (κ2) is 7.37. The smallest absolute Gasteiger partial charge is 0.0546 e. The van der Waals surface area contributed by atoms with Gasteiger partial charge in [-0.3, -0.25) is 4.21 Å². The van der Waals surface area contributed by atoms with Crippen LogP contribution in [0.4, 0.5) is 0 Å². The predicted octanol–water partition coefficient (Wildman–Crippen LogP) is 3.45. The minimum atomic E-state index is -0.728. The summed E-state index contributed by atoms with van der Waals surface area (Å²) in [6.07, 6.45) is 3.17. The summed E-state index contributed by atoms with van der Waals surface area (Å²) < 4.78 is 12.7. The second-order valence-electron chi connectivity index (χ2n) is 6.08. The van der Waals surface area contributed by atoms with Gasteiger partial charge in [0.1, 0.15) is 0 Å². The van der Waals surface area contributed by atoms with Crippen LogP contribution in [0.15, 0.2) is 24.3 Å². The van der Waals surface area contributed by atoms with Crippen LogP contribution < -0.4 is 5.32 Å². The maximum atomic E-state index is 12.7. The van der Waals surface area contributed by atoms with Gasteiger partial charge in [-0.15, -0.1) is 0 Å². The van der Waals surface area contributed by atoms with Gasteiger partial charge in [0.25, 0.3) is 0 Å². The molecule has 3 unspecified atom stereocenters. The lowest BCUT2D eigenvalue weighted by molar-refractivity contribution is 0.473. The molecule has 0 aromatic heterocycles. The molecule has 0 saturated carbocycles. The van der Waals surface area contributed by atoms with Gasteiger partial charge >= 0.3 is 0 Å². The Labute approximate surface area is 125 Å². The molecule has 20 heavy (non-hydrogen) atoms. The van der Waals surface area contributed by atoms with E-state index in [0.29, 0.717) is 5.92 Å². The summed E-state index contributed by atoms with van der Waals surface area (Å²) in [6.45, 7) is 7.46. The SMILES string of the molecule is CCNC1c2ccccc2CCC1S(=O)CCC(C)C. The average molecular weight is 293 g/mol. The third-order valence-corrected chi connectivity index (χ3v) is 5.94. The quantitative estimate of drug-likeness (QED) is 0.870. The lowest BCUT2D eigenvalue weighted by Gasteiger charge is -2.33. The number of fused-ring (bicyclic) bond motifs is 1. The fourth-order valence-electron chi connectivity index (χ4n) is 2.98. The molecule has 1 aromatic carbocycles. The van der Waals surface area contributed by atoms with Crippen molar-refractivity contribution in [3.63, 3.8) is 0 Å². The van der Waals surface area contributed by atoms with Crippen molar-refractivity contribution in [1.82, 2.24) is 5.32 Å². The lowest BCUT2D eigenvalue weighted by atomic mass is 9.87. The van der Waals surface area contributed by atoms with Crippen molar-refractivity contribution < 1.29 is 4.21 Å². The van der Waals surface area contributed by atoms with Crippen molar-refractivity contribution in [2.45, 2.75) is 51.3 Å². The van der Waals surface area contributed by atoms with Crippen LogP contribution >= 0.6 is 0 Å². The van der Waals surface area contributed by atoms with Gasteiger partial charge in [0.15, 0.2) is 0 Å². The fourth-order valence-corrected chi connectivity index (χ4v) is 4.91. The van der Waals surface area contributed by atoms with E-state index in [2.05, 4.69) is 50.4 Å². The summed E-state index contributed by atoms with van der Waals surface area (Å²) in [7, 11) is -0.728. The topological polar surface area (TPSA) is 29.1 Å². The first-order valence-corrected chi connectivity index (χ1v) is 9.20. The molecule has 0 fully saturated rings. The summed E-state index contributed by atoms with van der Waals surface area (Å²) >= 11 is 0. The summed E-state index contributed by atoms with van der Waals surface area (Å²) in [6, 6.07) is 8.89. The highest BCUT2D eigenvalue weighted by Gasteiger charge is 2.32. The number of nitrogens with one attached hydrogen (secondary N) is 1. The molecule has 2 rings (SSSR count). The third kappa shape index (κ3) is 3.70. The van der Waals surface area contributed by atoms with Crippen LogP contribution in [-0.2, 0) is 17.2 Å². The summed E-state index contributed by atoms with van der Waals surface area (Å²) in [5.74, 6) is 1.47. The normalized spacial score (nSPS) is 23.6. The van der Waals surface area contributed by atoms with Crippen LogP contribution in [0, 0.1) is 5.92 Å². The van der Waals surface area contributed by atoms with Gasteiger partial charge in [0, 0.05) is 22.6 Å². The Morgan fingerprint density at radius 2 is 2.10 bits per heavy atom. The minimum Gasteiger partial charge on any atom is -0.309 e. The van der Waals surface area contributed by atoms with E-state index in [1.54, 1.807) is 0 Å². The molecule has 1 aliphatic carbocycles. The van der Waals surface area contributed by atoms with Gasteiger partial charge in [-0.05, 0) is 42.9 Å². The van der Waals surface area contributed by atoms with E-state index in [4.69, 9.17) is 0 Å². The fraction of sp³-hybridized carbons (Fsp3) is 0.647. The zero-order valence-electron chi connectivity index (χ0n) is 12.9. The molecule has 0 saturated heterocycles. The molecule has 1 aliphatic rings. The zero-order chi connectivity index (χ0) is 14.5. The van der Waals surface area contributed by atoms with Gasteiger partial charge in [-0.1, -0.05) is 45.0 Å². The Balaban J connectivity index is 2.15. The molecule has 3 heteroatoms. The van der Waals surface area contributed by atoms with Crippen molar-refractivity contribution in [3.8, 4) is 0 Å². The highest BCUT2D eigenvalue weighted by atomic mass is 32.2. The van der Waals surface area contributed by atoms with E-state index in [1.807, 2.05) is 0 Å². The minimum absolute atomic E-state index is 0.262. The van der Waals surface area contributed by atoms with Crippen LogP contribution in [0.1, 0.15) is 50.8 Å². The molecule has 2 nitrogen and oxygen atoms in total. The number of hydrogen-bond acceptors (Lipinski definition) is 2. The van der Waals surface area contributed by atoms with Gasteiger partial charge in [-0.25, -0.2) is 0 Å². The van der Waals surface area contributed by atoms with E-state index >= 15 is 0 Å². The van der Waals surface area contributed by atoms with Crippen LogP contribution in [0.5, 0.6) is 0 Å². The van der Waals surface area contributed by atoms with Crippen molar-refractivity contribution in [3.05, 3.63) is 35.4 Å². The Kier molecular flexibility index (Phi) is 5.79. The van der Waals surface area contributed by atoms with E-state index < -0.39 is 10.8 Å². The summed E-state index contributed by atoms with van der Waals surface area (Å²) in [5, 5.41) is 3.83. The lowest BCUT2D eigenvalue weighted by Crippen LogP contribution is -2.39. The molecule has 1 aromatic rings. The van der Waals surface area contributed by atoms with Gasteiger partial charge in [0.05, 0.1) is 5.25 Å². The maximum Gasteiger partial charge on any atom is 0.0546 e. The molecule has 0 spiro atoms. The van der Waals surface area contributed by atoms with Crippen LogP contribution in [0.3, 0.4) is 0 Å². The van der Waals surface area contributed by atoms with Crippen molar-refractivity contribution in [2.75, 3.05) is 12.3 Å². The van der Waals surface area contributed by atoms with E-state index in [0.717, 1.165) is 31.6 Å². The van der Waals surface area contributed by atoms with E-state index in [1.165, 1.54) is 11.1 Å². The molecule has 0 heterocycles. The van der Waals surface area contributed by atoms with Gasteiger partial charge in [0.2, 0.25) is 0 Å². The number of rotatable bonds is 6. The Hall–Kier alpha value is -0.670. The van der Waals surface area contributed by atoms with E-state index in [-0.39, 0.29) is 11.3 Å². The Morgan fingerprint density at radius 1 is 1.35 bits per heavy atom. The molecular formula is C17H27NOS. The maximum absolute atomic E-state index is 12.7. The number of aryl methyl sites for hydroxylation is 1. The van der Waals surface area contributed by atoms with Crippen LogP contribution in [0.25, 0.3) is 0 Å². The van der Waals surface area contributed by atoms with Crippen LogP contribution in [-0.4, -0.2) is 21.8 Å². The number of benzene rings is 1. The molecule has 0 bridgehead atoms. The number of hydrogen-bond donors (Lipinski definition) is 1. The average Bonchev–Trinajstić information content (AvgIpc) is 2.45. The molecular weight excluding hydrogens is 266 g/mol. The summed E-state index contributed by atoms with van der Waals surface area (Å²) in [5.41, 5.74) is 2.79. The van der Waals surface area contributed by atoms with Crippen molar-refractivity contribution in [1.29, 1.82) is 0 Å². The monoisotopic (exact) mass is 293 g/mol. The van der Waals surface area contributed by atoms with E-state index in [9.17, 15) is 4.21 Å². The first-order chi connectivity index (χ1) is 9.63.